The van der Waals surface area contributed by atoms with Crippen LogP contribution in [0.25, 0.3) is 4.96 Å². The molecule has 0 amide bonds. The van der Waals surface area contributed by atoms with E-state index in [0.717, 1.165) is 41.1 Å². The van der Waals surface area contributed by atoms with Crippen LogP contribution in [0, 0.1) is 11.6 Å². The van der Waals surface area contributed by atoms with Gasteiger partial charge in [0.15, 0.2) is 4.96 Å². The van der Waals surface area contributed by atoms with E-state index < -0.39 is 11.6 Å². The van der Waals surface area contributed by atoms with Crippen molar-refractivity contribution in [1.29, 1.82) is 0 Å². The van der Waals surface area contributed by atoms with E-state index in [1.54, 1.807) is 0 Å². The molecular formula is C14H13F2N3S2. The zero-order chi connectivity index (χ0) is 14.8. The predicted molar refractivity (Wildman–Crippen MR) is 80.9 cm³/mol. The third-order valence-electron chi connectivity index (χ3n) is 2.97. The lowest BCUT2D eigenvalue weighted by Crippen LogP contribution is -2.13. The molecule has 110 valence electrons. The van der Waals surface area contributed by atoms with Crippen molar-refractivity contribution < 1.29 is 8.78 Å². The van der Waals surface area contributed by atoms with Crippen molar-refractivity contribution in [3.63, 3.8) is 0 Å². The minimum Gasteiger partial charge on any atom is -0.311 e. The van der Waals surface area contributed by atoms with E-state index in [2.05, 4.69) is 10.3 Å². The average Bonchev–Trinajstić information content (AvgIpc) is 3.02. The van der Waals surface area contributed by atoms with Gasteiger partial charge in [-0.25, -0.2) is 13.8 Å². The number of hydrogen-bond acceptors (Lipinski definition) is 4. The number of nitrogens with one attached hydrogen (secondary N) is 1. The maximum atomic E-state index is 13.8. The van der Waals surface area contributed by atoms with Gasteiger partial charge < -0.3 is 5.32 Å². The first kappa shape index (κ1) is 14.5. The van der Waals surface area contributed by atoms with Crippen LogP contribution >= 0.6 is 23.1 Å². The Kier molecular flexibility index (Phi) is 4.23. The fourth-order valence-corrected chi connectivity index (χ4v) is 3.71. The second-order valence-corrected chi connectivity index (χ2v) is 6.28. The van der Waals surface area contributed by atoms with Gasteiger partial charge >= 0.3 is 0 Å². The molecule has 3 nitrogen and oxygen atoms in total. The van der Waals surface area contributed by atoms with Crippen LogP contribution in [0.3, 0.4) is 0 Å². The fraction of sp³-hybridized carbons (Fsp3) is 0.214. The maximum Gasteiger partial charge on any atom is 0.194 e. The summed E-state index contributed by atoms with van der Waals surface area (Å²) in [5.74, 6) is -0.889. The average molecular weight is 325 g/mol. The molecule has 1 N–H and O–H groups in total. The van der Waals surface area contributed by atoms with Crippen LogP contribution in [0.2, 0.25) is 0 Å². The highest BCUT2D eigenvalue weighted by Crippen LogP contribution is 2.33. The van der Waals surface area contributed by atoms with Crippen LogP contribution in [0.5, 0.6) is 0 Å². The Morgan fingerprint density at radius 1 is 1.38 bits per heavy atom. The van der Waals surface area contributed by atoms with E-state index in [-0.39, 0.29) is 4.90 Å². The molecule has 3 rings (SSSR count). The molecule has 7 heteroatoms. The Morgan fingerprint density at radius 2 is 2.24 bits per heavy atom. The molecule has 0 radical (unpaired) electrons. The molecule has 0 aliphatic carbocycles. The Hall–Kier alpha value is -1.44. The maximum absolute atomic E-state index is 13.8. The number of rotatable bonds is 5. The summed E-state index contributed by atoms with van der Waals surface area (Å²) in [6, 6.07) is 3.45. The van der Waals surface area contributed by atoms with E-state index in [9.17, 15) is 8.78 Å². The van der Waals surface area contributed by atoms with Crippen LogP contribution in [-0.2, 0) is 6.54 Å². The Labute approximate surface area is 129 Å². The SMILES string of the molecule is CCNCc1c(Sc2cc(F)ccc2F)nc2sccn12. The first-order chi connectivity index (χ1) is 10.2. The molecule has 0 aliphatic heterocycles. The molecule has 2 heterocycles. The summed E-state index contributed by atoms with van der Waals surface area (Å²) >= 11 is 2.67. The lowest BCUT2D eigenvalue weighted by atomic mass is 10.3. The van der Waals surface area contributed by atoms with Gasteiger partial charge in [-0.15, -0.1) is 11.3 Å². The molecule has 0 fully saturated rings. The smallest absolute Gasteiger partial charge is 0.194 e. The van der Waals surface area contributed by atoms with Gasteiger partial charge in [0.05, 0.1) is 10.6 Å². The Balaban J connectivity index is 1.99. The van der Waals surface area contributed by atoms with Gasteiger partial charge in [-0.05, 0) is 24.7 Å². The number of hydrogen-bond donors (Lipinski definition) is 1. The third kappa shape index (κ3) is 2.95. The number of imidazole rings is 1. The zero-order valence-corrected chi connectivity index (χ0v) is 12.9. The fourth-order valence-electron chi connectivity index (χ4n) is 1.96. The number of benzene rings is 1. The topological polar surface area (TPSA) is 29.3 Å². The third-order valence-corrected chi connectivity index (χ3v) is 4.78. The van der Waals surface area contributed by atoms with Gasteiger partial charge in [-0.3, -0.25) is 4.40 Å². The lowest BCUT2D eigenvalue weighted by Gasteiger charge is -2.05. The molecule has 1 aromatic carbocycles. The number of halogens is 2. The quantitative estimate of drug-likeness (QED) is 0.770. The van der Waals surface area contributed by atoms with Crippen LogP contribution < -0.4 is 5.32 Å². The van der Waals surface area contributed by atoms with Crippen molar-refractivity contribution in [2.24, 2.45) is 0 Å². The summed E-state index contributed by atoms with van der Waals surface area (Å²) < 4.78 is 29.0. The van der Waals surface area contributed by atoms with E-state index >= 15 is 0 Å². The number of nitrogens with zero attached hydrogens (tertiary/aromatic N) is 2. The Morgan fingerprint density at radius 3 is 3.05 bits per heavy atom. The van der Waals surface area contributed by atoms with E-state index in [0.29, 0.717) is 11.6 Å². The summed E-state index contributed by atoms with van der Waals surface area (Å²) in [7, 11) is 0. The van der Waals surface area contributed by atoms with Gasteiger partial charge in [0.1, 0.15) is 16.7 Å². The molecule has 0 saturated heterocycles. The van der Waals surface area contributed by atoms with E-state index in [1.165, 1.54) is 17.4 Å². The van der Waals surface area contributed by atoms with Crippen molar-refractivity contribution in [3.8, 4) is 0 Å². The van der Waals surface area contributed by atoms with Gasteiger partial charge in [0.2, 0.25) is 0 Å². The summed E-state index contributed by atoms with van der Waals surface area (Å²) in [4.78, 5) is 5.60. The minimum absolute atomic E-state index is 0.249. The van der Waals surface area contributed by atoms with Crippen LogP contribution in [0.15, 0.2) is 39.7 Å². The van der Waals surface area contributed by atoms with E-state index in [4.69, 9.17) is 0 Å². The first-order valence-corrected chi connectivity index (χ1v) is 8.16. The number of thiazole rings is 1. The molecule has 3 aromatic rings. The van der Waals surface area contributed by atoms with Crippen LogP contribution in [-0.4, -0.2) is 15.9 Å². The molecule has 0 saturated carbocycles. The van der Waals surface area contributed by atoms with Gasteiger partial charge in [0, 0.05) is 18.1 Å². The highest BCUT2D eigenvalue weighted by atomic mass is 32.2. The lowest BCUT2D eigenvalue weighted by molar-refractivity contribution is 0.577. The van der Waals surface area contributed by atoms with Gasteiger partial charge in [0.25, 0.3) is 0 Å². The second kappa shape index (κ2) is 6.13. The summed E-state index contributed by atoms with van der Waals surface area (Å²) in [6.45, 7) is 3.48. The molecule has 0 atom stereocenters. The molecule has 0 bridgehead atoms. The first-order valence-electron chi connectivity index (χ1n) is 6.47. The van der Waals surface area contributed by atoms with Crippen LogP contribution in [0.1, 0.15) is 12.6 Å². The standard InChI is InChI=1S/C14H13F2N3S2/c1-2-17-8-11-13(18-14-19(11)5-6-20-14)21-12-7-9(15)3-4-10(12)16/h3-7,17H,2,8H2,1H3. The van der Waals surface area contributed by atoms with Crippen molar-refractivity contribution in [2.75, 3.05) is 6.54 Å². The van der Waals surface area contributed by atoms with Crippen molar-refractivity contribution in [1.82, 2.24) is 14.7 Å². The summed E-state index contributed by atoms with van der Waals surface area (Å²) in [5.41, 5.74) is 0.960. The van der Waals surface area contributed by atoms with Crippen molar-refractivity contribution in [3.05, 3.63) is 47.1 Å². The largest absolute Gasteiger partial charge is 0.311 e. The molecule has 0 spiro atoms. The molecule has 2 aromatic heterocycles. The highest BCUT2D eigenvalue weighted by molar-refractivity contribution is 7.99. The van der Waals surface area contributed by atoms with Crippen molar-refractivity contribution in [2.45, 2.75) is 23.4 Å². The summed E-state index contributed by atoms with van der Waals surface area (Å²) in [6.07, 6.45) is 1.94. The molecule has 0 unspecified atom stereocenters. The zero-order valence-electron chi connectivity index (χ0n) is 11.3. The molecule has 21 heavy (non-hydrogen) atoms. The van der Waals surface area contributed by atoms with Crippen molar-refractivity contribution >= 4 is 28.1 Å². The normalized spacial score (nSPS) is 11.4. The molecular weight excluding hydrogens is 312 g/mol. The van der Waals surface area contributed by atoms with E-state index in [1.807, 2.05) is 22.9 Å². The van der Waals surface area contributed by atoms with Gasteiger partial charge in [-0.1, -0.05) is 18.7 Å². The summed E-state index contributed by atoms with van der Waals surface area (Å²) in [5, 5.41) is 5.90. The second-order valence-electron chi connectivity index (χ2n) is 4.38. The predicted octanol–water partition coefficient (Wildman–Crippen LogP) is 3.93. The minimum atomic E-state index is -0.451. The van der Waals surface area contributed by atoms with Crippen LogP contribution in [0.4, 0.5) is 8.78 Å². The number of fused-ring (bicyclic) bond motifs is 1. The Bertz CT molecular complexity index is 767. The monoisotopic (exact) mass is 325 g/mol. The molecule has 0 aliphatic rings. The highest BCUT2D eigenvalue weighted by Gasteiger charge is 2.16. The number of aromatic nitrogens is 2. The van der Waals surface area contributed by atoms with Gasteiger partial charge in [-0.2, -0.15) is 0 Å².